The molecule has 3 N–H and O–H groups in total. The number of aromatic amines is 2. The maximum Gasteiger partial charge on any atom is 0.325 e. The van der Waals surface area contributed by atoms with E-state index in [1.165, 1.54) is 5.56 Å². The van der Waals surface area contributed by atoms with Gasteiger partial charge in [-0.3, -0.25) is 19.5 Å². The minimum atomic E-state index is -0.361. The second-order valence-electron chi connectivity index (χ2n) is 9.00. The Labute approximate surface area is 218 Å². The summed E-state index contributed by atoms with van der Waals surface area (Å²) >= 11 is 6.12. The number of pyridine rings is 1. The summed E-state index contributed by atoms with van der Waals surface area (Å²) in [5, 5.41) is 3.39. The number of nitrogens with one attached hydrogen (secondary N) is 3. The fourth-order valence-corrected chi connectivity index (χ4v) is 4.82. The lowest BCUT2D eigenvalue weighted by Crippen LogP contribution is -2.50. The first-order valence-electron chi connectivity index (χ1n) is 12.2. The Balaban J connectivity index is 1.16. The van der Waals surface area contributed by atoms with Gasteiger partial charge in [0.1, 0.15) is 5.82 Å². The number of amides is 2. The van der Waals surface area contributed by atoms with Crippen LogP contribution in [0.5, 0.6) is 0 Å². The fraction of sp³-hybridized carbons (Fsp3) is 0.259. The molecule has 2 aromatic heterocycles. The van der Waals surface area contributed by atoms with Gasteiger partial charge in [0.2, 0.25) is 11.8 Å². The maximum atomic E-state index is 12.8. The Kier molecular flexibility index (Phi) is 7.34. The highest BCUT2D eigenvalue weighted by molar-refractivity contribution is 6.30. The van der Waals surface area contributed by atoms with Gasteiger partial charge in [-0.05, 0) is 35.4 Å². The Morgan fingerprint density at radius 3 is 2.32 bits per heavy atom. The van der Waals surface area contributed by atoms with E-state index < -0.39 is 0 Å². The van der Waals surface area contributed by atoms with Crippen LogP contribution >= 0.6 is 11.6 Å². The first-order chi connectivity index (χ1) is 18.0. The van der Waals surface area contributed by atoms with Crippen molar-refractivity contribution in [1.82, 2.24) is 24.8 Å². The zero-order valence-corrected chi connectivity index (χ0v) is 20.9. The number of anilines is 1. The predicted molar refractivity (Wildman–Crippen MR) is 142 cm³/mol. The third-order valence-electron chi connectivity index (χ3n) is 6.54. The van der Waals surface area contributed by atoms with Crippen molar-refractivity contribution in [2.45, 2.75) is 18.9 Å². The summed E-state index contributed by atoms with van der Waals surface area (Å²) in [6.07, 6.45) is 0.175. The normalized spacial score (nSPS) is 15.0. The Morgan fingerprint density at radius 2 is 1.59 bits per heavy atom. The first-order valence-corrected chi connectivity index (χ1v) is 12.6. The lowest BCUT2D eigenvalue weighted by atomic mass is 9.96. The van der Waals surface area contributed by atoms with E-state index in [-0.39, 0.29) is 36.4 Å². The largest absolute Gasteiger partial charge is 0.340 e. The van der Waals surface area contributed by atoms with Crippen LogP contribution in [0.2, 0.25) is 5.02 Å². The van der Waals surface area contributed by atoms with Crippen LogP contribution in [0, 0.1) is 0 Å². The zero-order chi connectivity index (χ0) is 25.8. The van der Waals surface area contributed by atoms with Crippen LogP contribution in [0.4, 0.5) is 5.82 Å². The van der Waals surface area contributed by atoms with Gasteiger partial charge in [-0.15, -0.1) is 0 Å². The smallest absolute Gasteiger partial charge is 0.325 e. The zero-order valence-electron chi connectivity index (χ0n) is 20.1. The highest BCUT2D eigenvalue weighted by Crippen LogP contribution is 2.30. The van der Waals surface area contributed by atoms with Gasteiger partial charge in [-0.1, -0.05) is 54.1 Å². The topological polar surface area (TPSA) is 114 Å². The van der Waals surface area contributed by atoms with E-state index in [1.807, 2.05) is 35.2 Å². The molecule has 0 aliphatic carbocycles. The average molecular weight is 519 g/mol. The van der Waals surface area contributed by atoms with E-state index in [0.717, 1.165) is 18.7 Å². The van der Waals surface area contributed by atoms with Crippen LogP contribution in [0.15, 0.2) is 71.5 Å². The summed E-state index contributed by atoms with van der Waals surface area (Å²) in [5.74, 6) is -0.0255. The monoisotopic (exact) mass is 518 g/mol. The molecule has 1 aliphatic rings. The van der Waals surface area contributed by atoms with Crippen LogP contribution in [0.3, 0.4) is 0 Å². The number of nitrogens with zero attached hydrogens (tertiary/aromatic N) is 3. The number of H-pyrrole nitrogens is 2. The molecule has 5 rings (SSSR count). The molecule has 0 spiro atoms. The van der Waals surface area contributed by atoms with Gasteiger partial charge < -0.3 is 15.2 Å². The van der Waals surface area contributed by atoms with Crippen molar-refractivity contribution >= 4 is 40.4 Å². The second-order valence-corrected chi connectivity index (χ2v) is 9.44. The SMILES string of the molecule is O=C(CCC(=O)N1CCN(C(c2ccccc2)c2ccc(Cl)cc2)CC1)Nc1ccc2[nH]c(=O)[nH]c2n1. The number of aromatic nitrogens is 3. The number of fused-ring (bicyclic) bond motifs is 1. The Morgan fingerprint density at radius 1 is 0.892 bits per heavy atom. The van der Waals surface area contributed by atoms with Crippen molar-refractivity contribution in [2.75, 3.05) is 31.5 Å². The van der Waals surface area contributed by atoms with Crippen molar-refractivity contribution in [2.24, 2.45) is 0 Å². The molecular formula is C27H27ClN6O3. The van der Waals surface area contributed by atoms with Gasteiger partial charge in [0, 0.05) is 44.0 Å². The molecule has 4 aromatic rings. The van der Waals surface area contributed by atoms with Crippen LogP contribution in [0.25, 0.3) is 11.2 Å². The first kappa shape index (κ1) is 24.7. The number of piperazine rings is 1. The average Bonchev–Trinajstić information content (AvgIpc) is 3.29. The lowest BCUT2D eigenvalue weighted by molar-refractivity contribution is -0.134. The highest BCUT2D eigenvalue weighted by atomic mass is 35.5. The van der Waals surface area contributed by atoms with Gasteiger partial charge >= 0.3 is 5.69 Å². The maximum absolute atomic E-state index is 12.8. The fourth-order valence-electron chi connectivity index (χ4n) is 4.69. The van der Waals surface area contributed by atoms with E-state index >= 15 is 0 Å². The van der Waals surface area contributed by atoms with Crippen LogP contribution in [-0.4, -0.2) is 62.7 Å². The molecule has 1 unspecified atom stereocenters. The van der Waals surface area contributed by atoms with Gasteiger partial charge in [-0.2, -0.15) is 0 Å². The van der Waals surface area contributed by atoms with Gasteiger partial charge in [0.15, 0.2) is 5.65 Å². The molecule has 3 heterocycles. The van der Waals surface area contributed by atoms with Crippen molar-refractivity contribution in [3.05, 3.63) is 93.4 Å². The number of hydrogen-bond donors (Lipinski definition) is 3. The summed E-state index contributed by atoms with van der Waals surface area (Å²) < 4.78 is 0. The van der Waals surface area contributed by atoms with E-state index in [2.05, 4.69) is 49.4 Å². The van der Waals surface area contributed by atoms with Crippen molar-refractivity contribution < 1.29 is 9.59 Å². The number of carbonyl (C=O) groups excluding carboxylic acids is 2. The Hall–Kier alpha value is -3.95. The van der Waals surface area contributed by atoms with Crippen molar-refractivity contribution in [3.63, 3.8) is 0 Å². The summed E-state index contributed by atoms with van der Waals surface area (Å²) in [7, 11) is 0. The van der Waals surface area contributed by atoms with E-state index in [4.69, 9.17) is 11.6 Å². The van der Waals surface area contributed by atoms with Crippen LogP contribution < -0.4 is 11.0 Å². The van der Waals surface area contributed by atoms with Crippen LogP contribution in [0.1, 0.15) is 30.0 Å². The van der Waals surface area contributed by atoms with Crippen LogP contribution in [-0.2, 0) is 9.59 Å². The van der Waals surface area contributed by atoms with Crippen molar-refractivity contribution in [1.29, 1.82) is 0 Å². The molecule has 1 atom stereocenters. The molecule has 9 nitrogen and oxygen atoms in total. The summed E-state index contributed by atoms with van der Waals surface area (Å²) in [4.78, 5) is 50.2. The van der Waals surface area contributed by atoms with Gasteiger partial charge in [-0.25, -0.2) is 9.78 Å². The second kappa shape index (κ2) is 11.0. The van der Waals surface area contributed by atoms with Gasteiger partial charge in [0.25, 0.3) is 0 Å². The third kappa shape index (κ3) is 5.90. The molecule has 0 bridgehead atoms. The quantitative estimate of drug-likeness (QED) is 0.346. The minimum Gasteiger partial charge on any atom is -0.340 e. The number of benzene rings is 2. The molecule has 2 amide bonds. The van der Waals surface area contributed by atoms with E-state index in [9.17, 15) is 14.4 Å². The van der Waals surface area contributed by atoms with Crippen molar-refractivity contribution in [3.8, 4) is 0 Å². The van der Waals surface area contributed by atoms with Gasteiger partial charge in [0.05, 0.1) is 11.6 Å². The molecule has 1 aliphatic heterocycles. The lowest BCUT2D eigenvalue weighted by Gasteiger charge is -2.40. The molecular weight excluding hydrogens is 492 g/mol. The predicted octanol–water partition coefficient (Wildman–Crippen LogP) is 3.56. The standard InChI is InChI=1S/C27H27ClN6O3/c28-20-8-6-19(7-9-20)25(18-4-2-1-3-5-18)34-16-14-33(15-17-34)24(36)13-12-23(35)30-22-11-10-21-26(31-22)32-27(37)29-21/h1-11,25H,12-17H2,(H3,29,30,31,32,35,37). The molecule has 1 fully saturated rings. The molecule has 190 valence electrons. The Bertz CT molecular complexity index is 1440. The highest BCUT2D eigenvalue weighted by Gasteiger charge is 2.28. The number of rotatable bonds is 7. The summed E-state index contributed by atoms with van der Waals surface area (Å²) in [5.41, 5.74) is 2.91. The minimum absolute atomic E-state index is 0.0454. The summed E-state index contributed by atoms with van der Waals surface area (Å²) in [6.45, 7) is 2.63. The summed E-state index contributed by atoms with van der Waals surface area (Å²) in [6, 6.07) is 21.6. The number of hydrogen-bond acceptors (Lipinski definition) is 5. The number of carbonyl (C=O) groups is 2. The molecule has 37 heavy (non-hydrogen) atoms. The molecule has 2 aromatic carbocycles. The number of imidazole rings is 1. The molecule has 0 radical (unpaired) electrons. The number of halogens is 1. The third-order valence-corrected chi connectivity index (χ3v) is 6.79. The molecule has 0 saturated carbocycles. The van der Waals surface area contributed by atoms with E-state index in [1.54, 1.807) is 12.1 Å². The molecule has 1 saturated heterocycles. The van der Waals surface area contributed by atoms with E-state index in [0.29, 0.717) is 35.1 Å². The molecule has 10 heteroatoms.